The molecule has 0 unspecified atom stereocenters. The number of likely N-dealkylation sites (tertiary alicyclic amines) is 1. The molecule has 4 fully saturated rings. The van der Waals surface area contributed by atoms with Crippen molar-refractivity contribution in [1.29, 1.82) is 0 Å². The molecule has 4 heterocycles. The summed E-state index contributed by atoms with van der Waals surface area (Å²) in [5, 5.41) is 13.1. The molecule has 3 saturated carbocycles. The van der Waals surface area contributed by atoms with Crippen molar-refractivity contribution in [3.63, 3.8) is 0 Å². The van der Waals surface area contributed by atoms with Crippen molar-refractivity contribution in [3.05, 3.63) is 93.0 Å². The van der Waals surface area contributed by atoms with Gasteiger partial charge in [0, 0.05) is 93.2 Å². The Morgan fingerprint density at radius 1 is 0.868 bits per heavy atom. The van der Waals surface area contributed by atoms with Gasteiger partial charge in [-0.25, -0.2) is 0 Å². The lowest BCUT2D eigenvalue weighted by molar-refractivity contribution is -0.147. The molecule has 15 nitrogen and oxygen atoms in total. The second kappa shape index (κ2) is 24.4. The van der Waals surface area contributed by atoms with Crippen LogP contribution in [0, 0.1) is 23.2 Å². The number of nitrogens with zero attached hydrogens (tertiary/aromatic N) is 4. The average molecular weight is 1120 g/mol. The molecule has 0 spiro atoms. The molecular weight excluding hydrogens is 1050 g/mol. The van der Waals surface area contributed by atoms with E-state index in [0.717, 1.165) is 67.2 Å². The maximum atomic E-state index is 14.9. The smallest absolute Gasteiger partial charge is 0.378 e. The summed E-state index contributed by atoms with van der Waals surface area (Å²) in [5.74, 6) is -1.50. The standard InChI is InChI=1S/C57H74BrF3N8O7/c1-34(2)56(21-20-42(29-56)65-47-19-10-36-27-40(58)11-18-45(36)47)55(74)69-32-38-26-39(57(59,60)61)31-64-51(38)48(33-69)67-53(72)35-8-12-41(13-9-35)66-49(70)7-5-24-75-43-14-16-44(17-15-43)76-25-23-63-54(73)46-28-50(71)68(3)52(46)37-6-4-22-62-30-37/h4,6,11,18,22,26-27,30-31,34-35,41-44,46-48,52,65H,5,7-10,12-17,19-21,23-25,28-29,32-33H2,1-3H3,(H,63,73)(H,66,70)(H,67,72)/t35?,41?,42-,43?,44?,46+,47-,48+,52-,56+/m1/s1. The second-order valence-electron chi connectivity index (χ2n) is 22.6. The van der Waals surface area contributed by atoms with Crippen LogP contribution >= 0.6 is 15.9 Å². The van der Waals surface area contributed by atoms with Crippen LogP contribution in [-0.2, 0) is 52.6 Å². The summed E-state index contributed by atoms with van der Waals surface area (Å²) in [4.78, 5) is 79.2. The molecule has 5 amide bonds. The zero-order valence-corrected chi connectivity index (χ0v) is 45.6. The number of amides is 5. The van der Waals surface area contributed by atoms with E-state index in [2.05, 4.69) is 79.2 Å². The number of halogens is 4. The van der Waals surface area contributed by atoms with Crippen molar-refractivity contribution in [2.75, 3.05) is 33.4 Å². The summed E-state index contributed by atoms with van der Waals surface area (Å²) >= 11 is 3.59. The molecule has 1 saturated heterocycles. The van der Waals surface area contributed by atoms with Crippen LogP contribution in [0.2, 0.25) is 0 Å². The highest BCUT2D eigenvalue weighted by molar-refractivity contribution is 9.10. The summed E-state index contributed by atoms with van der Waals surface area (Å²) in [6.07, 6.45) is 10.5. The first kappa shape index (κ1) is 55.8. The zero-order chi connectivity index (χ0) is 53.7. The van der Waals surface area contributed by atoms with Gasteiger partial charge in [0.2, 0.25) is 29.5 Å². The van der Waals surface area contributed by atoms with Crippen molar-refractivity contribution in [2.24, 2.45) is 23.2 Å². The molecule has 9 rings (SSSR count). The topological polar surface area (TPSA) is 184 Å². The largest absolute Gasteiger partial charge is 0.417 e. The van der Waals surface area contributed by atoms with Gasteiger partial charge in [0.25, 0.3) is 0 Å². The number of aryl methyl sites for hydroxylation is 1. The van der Waals surface area contributed by atoms with E-state index in [-0.39, 0.29) is 103 Å². The fraction of sp³-hybridized carbons (Fsp3) is 0.632. The fourth-order valence-electron chi connectivity index (χ4n) is 13.1. The van der Waals surface area contributed by atoms with E-state index in [4.69, 9.17) is 9.47 Å². The number of alkyl halides is 3. The molecule has 0 radical (unpaired) electrons. The van der Waals surface area contributed by atoms with Gasteiger partial charge in [-0.2, -0.15) is 13.2 Å². The maximum absolute atomic E-state index is 14.9. The van der Waals surface area contributed by atoms with Gasteiger partial charge in [-0.05, 0) is 142 Å². The number of benzene rings is 1. The normalized spacial score (nSPS) is 28.5. The number of carbonyl (C=O) groups is 5. The van der Waals surface area contributed by atoms with Gasteiger partial charge in [-0.1, -0.05) is 41.9 Å². The first-order chi connectivity index (χ1) is 36.4. The molecule has 2 aromatic heterocycles. The minimum absolute atomic E-state index is 0.0195. The Kier molecular flexibility index (Phi) is 17.9. The molecule has 0 bridgehead atoms. The minimum atomic E-state index is -4.62. The average Bonchev–Trinajstić information content (AvgIpc) is 4.11. The van der Waals surface area contributed by atoms with Gasteiger partial charge in [0.1, 0.15) is 0 Å². The van der Waals surface area contributed by atoms with Gasteiger partial charge in [0.15, 0.2) is 0 Å². The first-order valence-electron chi connectivity index (χ1n) is 27.6. The van der Waals surface area contributed by atoms with E-state index in [1.54, 1.807) is 35.3 Å². The number of rotatable bonds is 18. The lowest BCUT2D eigenvalue weighted by atomic mass is 9.73. The van der Waals surface area contributed by atoms with Gasteiger partial charge < -0.3 is 40.5 Å². The Morgan fingerprint density at radius 2 is 1.62 bits per heavy atom. The lowest BCUT2D eigenvalue weighted by Crippen LogP contribution is -2.52. The number of aromatic nitrogens is 2. The van der Waals surface area contributed by atoms with Crippen LogP contribution in [0.5, 0.6) is 0 Å². The van der Waals surface area contributed by atoms with Gasteiger partial charge in [-0.15, -0.1) is 0 Å². The van der Waals surface area contributed by atoms with Gasteiger partial charge in [-0.3, -0.25) is 33.9 Å². The summed E-state index contributed by atoms with van der Waals surface area (Å²) < 4.78 is 55.4. The van der Waals surface area contributed by atoms with Crippen LogP contribution in [0.3, 0.4) is 0 Å². The Morgan fingerprint density at radius 3 is 2.33 bits per heavy atom. The van der Waals surface area contributed by atoms with Crippen molar-refractivity contribution < 1.29 is 46.6 Å². The van der Waals surface area contributed by atoms with E-state index in [9.17, 15) is 37.1 Å². The van der Waals surface area contributed by atoms with E-state index in [0.29, 0.717) is 76.8 Å². The van der Waals surface area contributed by atoms with E-state index in [1.165, 1.54) is 11.1 Å². The molecule has 6 aliphatic rings. The van der Waals surface area contributed by atoms with Crippen LogP contribution in [0.25, 0.3) is 0 Å². The Hall–Kier alpha value is -4.98. The fourth-order valence-corrected chi connectivity index (χ4v) is 13.5. The van der Waals surface area contributed by atoms with Crippen molar-refractivity contribution in [2.45, 2.75) is 172 Å². The molecule has 76 heavy (non-hydrogen) atoms. The first-order valence-corrected chi connectivity index (χ1v) is 28.4. The molecule has 2 aliphatic heterocycles. The van der Waals surface area contributed by atoms with Crippen molar-refractivity contribution >= 4 is 45.5 Å². The maximum Gasteiger partial charge on any atom is 0.417 e. The van der Waals surface area contributed by atoms with Crippen molar-refractivity contribution in [1.82, 2.24) is 41.0 Å². The predicted octanol–water partition coefficient (Wildman–Crippen LogP) is 8.36. The van der Waals surface area contributed by atoms with E-state index < -0.39 is 29.1 Å². The van der Waals surface area contributed by atoms with E-state index >= 15 is 0 Å². The number of pyridine rings is 2. The lowest BCUT2D eigenvalue weighted by Gasteiger charge is -2.42. The summed E-state index contributed by atoms with van der Waals surface area (Å²) in [5.41, 5.74) is 2.47. The molecule has 4 aliphatic carbocycles. The molecule has 3 aromatic rings. The highest BCUT2D eigenvalue weighted by Gasteiger charge is 2.51. The van der Waals surface area contributed by atoms with Crippen LogP contribution in [0.15, 0.2) is 59.5 Å². The summed E-state index contributed by atoms with van der Waals surface area (Å²) in [7, 11) is 1.72. The highest BCUT2D eigenvalue weighted by Crippen LogP contribution is 2.48. The number of ether oxygens (including phenoxy) is 2. The third-order valence-electron chi connectivity index (χ3n) is 17.4. The molecule has 19 heteroatoms. The number of hydrogen-bond acceptors (Lipinski definition) is 10. The van der Waals surface area contributed by atoms with Crippen LogP contribution in [-0.4, -0.2) is 107 Å². The number of hydrogen-bond donors (Lipinski definition) is 4. The predicted molar refractivity (Wildman–Crippen MR) is 281 cm³/mol. The monoisotopic (exact) mass is 1120 g/mol. The van der Waals surface area contributed by atoms with Crippen LogP contribution in [0.1, 0.15) is 162 Å². The number of nitrogens with one attached hydrogen (secondary N) is 4. The molecule has 4 N–H and O–H groups in total. The highest BCUT2D eigenvalue weighted by atomic mass is 79.9. The third-order valence-corrected chi connectivity index (χ3v) is 17.9. The Bertz CT molecular complexity index is 2560. The zero-order valence-electron chi connectivity index (χ0n) is 44.0. The van der Waals surface area contributed by atoms with Crippen LogP contribution < -0.4 is 21.3 Å². The summed E-state index contributed by atoms with van der Waals surface area (Å²) in [6.45, 7) is 5.40. The Labute approximate surface area is 452 Å². The molecule has 1 aromatic carbocycles. The van der Waals surface area contributed by atoms with E-state index in [1.807, 2.05) is 6.07 Å². The molecular formula is C57H74BrF3N8O7. The third kappa shape index (κ3) is 13.0. The summed E-state index contributed by atoms with van der Waals surface area (Å²) in [6, 6.07) is 10.3. The SMILES string of the molecule is CC(C)[C@]1(C(=O)N2Cc3cc(C(F)(F)F)cnc3[C@@H](NC(=O)C3CCC(NC(=O)CCCOC4CCC(OCCNC(=O)[C@H]5CC(=O)N(C)[C@@H]5c5cccnc5)CC4)CC3)C2)CC[C@@H](N[C@@H]2CCc3cc(Br)ccc32)C1. The number of carbonyl (C=O) groups excluding carboxylic acids is 5. The minimum Gasteiger partial charge on any atom is -0.378 e. The second-order valence-corrected chi connectivity index (χ2v) is 23.5. The van der Waals surface area contributed by atoms with Crippen LogP contribution in [0.4, 0.5) is 13.2 Å². The molecule has 6 atom stereocenters. The van der Waals surface area contributed by atoms with Crippen molar-refractivity contribution in [3.8, 4) is 0 Å². The molecule has 412 valence electrons. The number of fused-ring (bicyclic) bond motifs is 2. The van der Waals surface area contributed by atoms with Gasteiger partial charge in [0.05, 0.1) is 53.5 Å². The van der Waals surface area contributed by atoms with Gasteiger partial charge >= 0.3 is 6.18 Å². The quantitative estimate of drug-likeness (QED) is 0.0903. The Balaban J connectivity index is 0.686.